The van der Waals surface area contributed by atoms with E-state index in [1.165, 1.54) is 5.56 Å². The lowest BCUT2D eigenvalue weighted by Crippen LogP contribution is -2.07. The van der Waals surface area contributed by atoms with Crippen LogP contribution in [-0.4, -0.2) is 18.3 Å². The van der Waals surface area contributed by atoms with E-state index in [0.29, 0.717) is 18.3 Å². The molecule has 1 aromatic carbocycles. The van der Waals surface area contributed by atoms with Crippen molar-refractivity contribution in [1.29, 1.82) is 0 Å². The van der Waals surface area contributed by atoms with Crippen LogP contribution < -0.4 is 0 Å². The van der Waals surface area contributed by atoms with Gasteiger partial charge in [-0.2, -0.15) is 11.8 Å². The van der Waals surface area contributed by atoms with Crippen molar-refractivity contribution >= 4 is 17.7 Å². The summed E-state index contributed by atoms with van der Waals surface area (Å²) in [5.74, 6) is 0.748. The number of ether oxygens (including phenoxy) is 1. The second-order valence-electron chi connectivity index (χ2n) is 4.25. The molecule has 0 aliphatic rings. The third-order valence-electron chi connectivity index (χ3n) is 2.70. The fraction of sp³-hybridized carbons (Fsp3) is 0.533. The van der Waals surface area contributed by atoms with Crippen molar-refractivity contribution in [2.75, 3.05) is 12.4 Å². The highest BCUT2D eigenvalue weighted by molar-refractivity contribution is 7.99. The molecule has 0 aliphatic carbocycles. The molecule has 18 heavy (non-hydrogen) atoms. The Labute approximate surface area is 114 Å². The normalized spacial score (nSPS) is 12.1. The van der Waals surface area contributed by atoms with Gasteiger partial charge in [0.25, 0.3) is 0 Å². The van der Waals surface area contributed by atoms with Gasteiger partial charge in [-0.3, -0.25) is 4.79 Å². The van der Waals surface area contributed by atoms with Gasteiger partial charge in [0.05, 0.1) is 13.0 Å². The topological polar surface area (TPSA) is 26.3 Å². The first kappa shape index (κ1) is 15.1. The predicted molar refractivity (Wildman–Crippen MR) is 77.8 cm³/mol. The fourth-order valence-electron chi connectivity index (χ4n) is 1.54. The largest absolute Gasteiger partial charge is 0.466 e. The summed E-state index contributed by atoms with van der Waals surface area (Å²) in [6, 6.07) is 10.4. The van der Waals surface area contributed by atoms with E-state index in [4.69, 9.17) is 4.74 Å². The first-order valence-electron chi connectivity index (χ1n) is 6.56. The molecule has 0 bridgehead atoms. The zero-order chi connectivity index (χ0) is 13.2. The molecule has 0 aliphatic heterocycles. The number of carbonyl (C=O) groups is 1. The van der Waals surface area contributed by atoms with E-state index in [1.54, 1.807) is 11.8 Å². The Morgan fingerprint density at radius 1 is 1.33 bits per heavy atom. The molecule has 0 spiro atoms. The van der Waals surface area contributed by atoms with Crippen LogP contribution in [0, 0.1) is 0 Å². The van der Waals surface area contributed by atoms with Crippen molar-refractivity contribution in [1.82, 2.24) is 0 Å². The van der Waals surface area contributed by atoms with Crippen molar-refractivity contribution in [2.45, 2.75) is 38.4 Å². The molecule has 0 fully saturated rings. The van der Waals surface area contributed by atoms with Gasteiger partial charge >= 0.3 is 5.97 Å². The SMILES string of the molecule is CCCCOC(=O)CCSC(C)c1ccccc1. The Kier molecular flexibility index (Phi) is 7.58. The Bertz CT molecular complexity index is 338. The van der Waals surface area contributed by atoms with Crippen LogP contribution in [0.25, 0.3) is 0 Å². The van der Waals surface area contributed by atoms with Gasteiger partial charge in [-0.05, 0) is 18.9 Å². The molecule has 0 heterocycles. The number of carbonyl (C=O) groups excluding carboxylic acids is 1. The van der Waals surface area contributed by atoms with Crippen LogP contribution in [-0.2, 0) is 9.53 Å². The Morgan fingerprint density at radius 2 is 2.06 bits per heavy atom. The van der Waals surface area contributed by atoms with Crippen LogP contribution >= 0.6 is 11.8 Å². The molecule has 0 amide bonds. The summed E-state index contributed by atoms with van der Waals surface area (Å²) in [5, 5.41) is 0.426. The lowest BCUT2D eigenvalue weighted by atomic mass is 10.2. The summed E-state index contributed by atoms with van der Waals surface area (Å²) in [6.45, 7) is 4.82. The van der Waals surface area contributed by atoms with E-state index in [9.17, 15) is 4.79 Å². The molecule has 1 unspecified atom stereocenters. The summed E-state index contributed by atoms with van der Waals surface area (Å²) in [4.78, 5) is 11.4. The molecule has 0 N–H and O–H groups in total. The van der Waals surface area contributed by atoms with E-state index in [0.717, 1.165) is 18.6 Å². The molecular formula is C15H22O2S. The summed E-state index contributed by atoms with van der Waals surface area (Å²) < 4.78 is 5.12. The molecule has 0 aromatic heterocycles. The van der Waals surface area contributed by atoms with Gasteiger partial charge in [-0.1, -0.05) is 43.7 Å². The molecular weight excluding hydrogens is 244 g/mol. The van der Waals surface area contributed by atoms with Crippen molar-refractivity contribution in [2.24, 2.45) is 0 Å². The smallest absolute Gasteiger partial charge is 0.306 e. The molecule has 1 rings (SSSR count). The Hall–Kier alpha value is -0.960. The standard InChI is InChI=1S/C15H22O2S/c1-3-4-11-17-15(16)10-12-18-13(2)14-8-6-5-7-9-14/h5-9,13H,3-4,10-12H2,1-2H3. The average Bonchev–Trinajstić information content (AvgIpc) is 2.40. The van der Waals surface area contributed by atoms with Gasteiger partial charge < -0.3 is 4.74 Å². The first-order valence-corrected chi connectivity index (χ1v) is 7.61. The Morgan fingerprint density at radius 3 is 2.72 bits per heavy atom. The molecule has 0 saturated carbocycles. The van der Waals surface area contributed by atoms with E-state index in [1.807, 2.05) is 18.2 Å². The van der Waals surface area contributed by atoms with Crippen LogP contribution in [0.3, 0.4) is 0 Å². The number of rotatable bonds is 8. The van der Waals surface area contributed by atoms with Gasteiger partial charge in [0.1, 0.15) is 0 Å². The van der Waals surface area contributed by atoms with Gasteiger partial charge in [-0.25, -0.2) is 0 Å². The maximum atomic E-state index is 11.4. The van der Waals surface area contributed by atoms with E-state index < -0.39 is 0 Å². The minimum Gasteiger partial charge on any atom is -0.466 e. The van der Waals surface area contributed by atoms with Crippen LogP contribution in [0.4, 0.5) is 0 Å². The number of esters is 1. The minimum absolute atomic E-state index is 0.0730. The highest BCUT2D eigenvalue weighted by Gasteiger charge is 2.07. The monoisotopic (exact) mass is 266 g/mol. The molecule has 2 nitrogen and oxygen atoms in total. The lowest BCUT2D eigenvalue weighted by Gasteiger charge is -2.11. The molecule has 100 valence electrons. The van der Waals surface area contributed by atoms with Gasteiger partial charge in [0.15, 0.2) is 0 Å². The second kappa shape index (κ2) is 9.03. The Balaban J connectivity index is 2.16. The summed E-state index contributed by atoms with van der Waals surface area (Å²) in [6.07, 6.45) is 2.53. The molecule has 0 radical (unpaired) electrons. The third kappa shape index (κ3) is 6.10. The van der Waals surface area contributed by atoms with E-state index in [-0.39, 0.29) is 5.97 Å². The zero-order valence-corrected chi connectivity index (χ0v) is 12.0. The van der Waals surface area contributed by atoms with Crippen molar-refractivity contribution in [3.63, 3.8) is 0 Å². The van der Waals surface area contributed by atoms with Crippen LogP contribution in [0.2, 0.25) is 0 Å². The number of hydrogen-bond acceptors (Lipinski definition) is 3. The summed E-state index contributed by atoms with van der Waals surface area (Å²) in [7, 11) is 0. The molecule has 1 atom stereocenters. The van der Waals surface area contributed by atoms with Gasteiger partial charge in [-0.15, -0.1) is 0 Å². The second-order valence-corrected chi connectivity index (χ2v) is 5.70. The van der Waals surface area contributed by atoms with E-state index >= 15 is 0 Å². The number of unbranched alkanes of at least 4 members (excludes halogenated alkanes) is 1. The maximum Gasteiger partial charge on any atom is 0.306 e. The molecule has 0 saturated heterocycles. The van der Waals surface area contributed by atoms with Crippen LogP contribution in [0.15, 0.2) is 30.3 Å². The number of hydrogen-bond donors (Lipinski definition) is 0. The highest BCUT2D eigenvalue weighted by Crippen LogP contribution is 2.28. The predicted octanol–water partition coefficient (Wildman–Crippen LogP) is 4.21. The van der Waals surface area contributed by atoms with E-state index in [2.05, 4.69) is 26.0 Å². The zero-order valence-electron chi connectivity index (χ0n) is 11.2. The lowest BCUT2D eigenvalue weighted by molar-refractivity contribution is -0.143. The number of thioether (sulfide) groups is 1. The number of benzene rings is 1. The van der Waals surface area contributed by atoms with Crippen LogP contribution in [0.1, 0.15) is 43.9 Å². The van der Waals surface area contributed by atoms with Crippen molar-refractivity contribution in [3.8, 4) is 0 Å². The third-order valence-corrected chi connectivity index (χ3v) is 3.92. The summed E-state index contributed by atoms with van der Waals surface area (Å²) >= 11 is 1.80. The summed E-state index contributed by atoms with van der Waals surface area (Å²) in [5.41, 5.74) is 1.31. The first-order chi connectivity index (χ1) is 8.74. The quantitative estimate of drug-likeness (QED) is 0.520. The van der Waals surface area contributed by atoms with Gasteiger partial charge in [0.2, 0.25) is 0 Å². The highest BCUT2D eigenvalue weighted by atomic mass is 32.2. The van der Waals surface area contributed by atoms with Crippen molar-refractivity contribution < 1.29 is 9.53 Å². The fourth-order valence-corrected chi connectivity index (χ4v) is 2.53. The molecule has 1 aromatic rings. The molecule has 3 heteroatoms. The minimum atomic E-state index is -0.0730. The van der Waals surface area contributed by atoms with Crippen LogP contribution in [0.5, 0.6) is 0 Å². The maximum absolute atomic E-state index is 11.4. The van der Waals surface area contributed by atoms with Gasteiger partial charge in [0, 0.05) is 11.0 Å². The average molecular weight is 266 g/mol. The van der Waals surface area contributed by atoms with Crippen molar-refractivity contribution in [3.05, 3.63) is 35.9 Å².